The largest absolute Gasteiger partial charge is 0.454 e. The van der Waals surface area contributed by atoms with Crippen LogP contribution in [0.25, 0.3) is 0 Å². The van der Waals surface area contributed by atoms with Crippen molar-refractivity contribution in [1.82, 2.24) is 10.2 Å². The lowest BCUT2D eigenvalue weighted by Gasteiger charge is -2.26. The van der Waals surface area contributed by atoms with Crippen LogP contribution in [0.2, 0.25) is 0 Å². The van der Waals surface area contributed by atoms with Crippen molar-refractivity contribution in [3.05, 3.63) is 35.4 Å². The van der Waals surface area contributed by atoms with E-state index in [9.17, 15) is 14.4 Å². The Morgan fingerprint density at radius 1 is 1.33 bits per heavy atom. The third-order valence-electron chi connectivity index (χ3n) is 4.23. The molecular weight excluding hydrogens is 328 g/mol. The molecule has 6 nitrogen and oxygen atoms in total. The summed E-state index contributed by atoms with van der Waals surface area (Å²) in [6, 6.07) is 8.05. The molecule has 1 aromatic rings. The summed E-state index contributed by atoms with van der Waals surface area (Å²) in [5, 5.41) is 2.82. The summed E-state index contributed by atoms with van der Waals surface area (Å²) in [6.45, 7) is 0.141. The number of aryl methyl sites for hydroxylation is 1. The molecule has 2 aliphatic rings. The van der Waals surface area contributed by atoms with Crippen LogP contribution >= 0.6 is 11.8 Å². The van der Waals surface area contributed by atoms with Crippen molar-refractivity contribution >= 4 is 28.9 Å². The monoisotopic (exact) mass is 348 g/mol. The number of benzene rings is 1. The van der Waals surface area contributed by atoms with E-state index >= 15 is 0 Å². The van der Waals surface area contributed by atoms with E-state index in [2.05, 4.69) is 11.4 Å². The lowest BCUT2D eigenvalue weighted by Crippen LogP contribution is -2.36. The molecule has 1 N–H and O–H groups in total. The first-order chi connectivity index (χ1) is 11.6. The van der Waals surface area contributed by atoms with Gasteiger partial charge in [0.25, 0.3) is 11.1 Å². The van der Waals surface area contributed by atoms with Crippen molar-refractivity contribution in [2.24, 2.45) is 0 Å². The van der Waals surface area contributed by atoms with Crippen molar-refractivity contribution < 1.29 is 19.1 Å². The maximum atomic E-state index is 12.1. The molecule has 0 bridgehead atoms. The summed E-state index contributed by atoms with van der Waals surface area (Å²) in [6.07, 6.45) is 2.94. The lowest BCUT2D eigenvalue weighted by molar-refractivity contribution is -0.149. The van der Waals surface area contributed by atoms with Gasteiger partial charge in [-0.3, -0.25) is 14.4 Å². The minimum atomic E-state index is -0.551. The van der Waals surface area contributed by atoms with E-state index in [1.165, 1.54) is 22.2 Å². The first kappa shape index (κ1) is 16.8. The van der Waals surface area contributed by atoms with E-state index < -0.39 is 5.97 Å². The predicted molar refractivity (Wildman–Crippen MR) is 90.6 cm³/mol. The van der Waals surface area contributed by atoms with Crippen LogP contribution in [0.5, 0.6) is 0 Å². The molecule has 0 aromatic heterocycles. The van der Waals surface area contributed by atoms with Gasteiger partial charge in [-0.25, -0.2) is 0 Å². The minimum absolute atomic E-state index is 0.0299. The first-order valence-corrected chi connectivity index (χ1v) is 9.06. The molecule has 0 radical (unpaired) electrons. The van der Waals surface area contributed by atoms with Crippen LogP contribution in [0.3, 0.4) is 0 Å². The Bertz CT molecular complexity index is 649. The molecule has 1 aromatic carbocycles. The third kappa shape index (κ3) is 4.08. The number of thioether (sulfide) groups is 1. The van der Waals surface area contributed by atoms with Crippen LogP contribution < -0.4 is 5.32 Å². The van der Waals surface area contributed by atoms with Crippen LogP contribution in [0, 0.1) is 0 Å². The van der Waals surface area contributed by atoms with E-state index in [0.29, 0.717) is 12.3 Å². The molecule has 1 heterocycles. The number of nitrogens with one attached hydrogen (secondary N) is 1. The number of esters is 1. The van der Waals surface area contributed by atoms with Gasteiger partial charge in [0, 0.05) is 12.3 Å². The van der Waals surface area contributed by atoms with Gasteiger partial charge < -0.3 is 15.0 Å². The van der Waals surface area contributed by atoms with E-state index in [0.717, 1.165) is 24.8 Å². The number of rotatable bonds is 5. The van der Waals surface area contributed by atoms with Crippen LogP contribution in [-0.4, -0.2) is 47.5 Å². The number of ether oxygens (including phenoxy) is 1. The molecule has 1 aliphatic carbocycles. The van der Waals surface area contributed by atoms with Crippen LogP contribution in [0.15, 0.2) is 24.3 Å². The first-order valence-electron chi connectivity index (χ1n) is 8.08. The van der Waals surface area contributed by atoms with Gasteiger partial charge in [0.1, 0.15) is 6.54 Å². The highest BCUT2D eigenvalue weighted by Crippen LogP contribution is 2.29. The molecule has 1 fully saturated rings. The number of hydrogen-bond acceptors (Lipinski definition) is 5. The van der Waals surface area contributed by atoms with E-state index in [-0.39, 0.29) is 30.3 Å². The fourth-order valence-corrected chi connectivity index (χ4v) is 3.88. The topological polar surface area (TPSA) is 75.7 Å². The number of fused-ring (bicyclic) bond motifs is 1. The molecule has 1 saturated heterocycles. The molecule has 2 amide bonds. The quantitative estimate of drug-likeness (QED) is 0.823. The van der Waals surface area contributed by atoms with Gasteiger partial charge in [-0.2, -0.15) is 0 Å². The van der Waals surface area contributed by atoms with Gasteiger partial charge in [-0.05, 0) is 30.4 Å². The third-order valence-corrected chi connectivity index (χ3v) is 5.13. The Labute approximate surface area is 144 Å². The van der Waals surface area contributed by atoms with Gasteiger partial charge >= 0.3 is 5.97 Å². The molecule has 1 aliphatic heterocycles. The fraction of sp³-hybridized carbons (Fsp3) is 0.471. The standard InChI is InChI=1S/C17H20N2O4S/c20-15(11-23-16(21)10-19-8-9-24-17(19)22)18-14-7-3-5-12-4-1-2-6-13(12)14/h1-2,4,6,14H,3,5,7-11H2,(H,18,20)/t14-/m0/s1. The van der Waals surface area contributed by atoms with Gasteiger partial charge in [0.15, 0.2) is 6.61 Å². The maximum Gasteiger partial charge on any atom is 0.326 e. The van der Waals surface area contributed by atoms with Gasteiger partial charge in [0.05, 0.1) is 6.04 Å². The van der Waals surface area contributed by atoms with E-state index in [1.807, 2.05) is 18.2 Å². The van der Waals surface area contributed by atoms with Crippen LogP contribution in [-0.2, 0) is 20.7 Å². The highest BCUT2D eigenvalue weighted by atomic mass is 32.2. The molecular formula is C17H20N2O4S. The Balaban J connectivity index is 1.46. The Morgan fingerprint density at radius 3 is 2.96 bits per heavy atom. The van der Waals surface area contributed by atoms with Crippen molar-refractivity contribution in [2.75, 3.05) is 25.4 Å². The average Bonchev–Trinajstić information content (AvgIpc) is 2.98. The molecule has 0 unspecified atom stereocenters. The zero-order chi connectivity index (χ0) is 16.9. The second-order valence-electron chi connectivity index (χ2n) is 5.91. The van der Waals surface area contributed by atoms with E-state index in [1.54, 1.807) is 0 Å². The van der Waals surface area contributed by atoms with Crippen molar-refractivity contribution in [3.63, 3.8) is 0 Å². The second kappa shape index (κ2) is 7.70. The Morgan fingerprint density at radius 2 is 2.17 bits per heavy atom. The van der Waals surface area contributed by atoms with Crippen LogP contribution in [0.4, 0.5) is 4.79 Å². The van der Waals surface area contributed by atoms with Crippen molar-refractivity contribution in [2.45, 2.75) is 25.3 Å². The zero-order valence-corrected chi connectivity index (χ0v) is 14.1. The summed E-state index contributed by atoms with van der Waals surface area (Å²) in [5.41, 5.74) is 2.40. The normalized spacial score (nSPS) is 19.8. The Hall–Kier alpha value is -2.02. The number of amides is 2. The lowest BCUT2D eigenvalue weighted by atomic mass is 9.88. The minimum Gasteiger partial charge on any atom is -0.454 e. The molecule has 24 heavy (non-hydrogen) atoms. The van der Waals surface area contributed by atoms with Crippen molar-refractivity contribution in [1.29, 1.82) is 0 Å². The summed E-state index contributed by atoms with van der Waals surface area (Å²) in [7, 11) is 0. The average molecular weight is 348 g/mol. The van der Waals surface area contributed by atoms with Gasteiger partial charge in [0.2, 0.25) is 0 Å². The summed E-state index contributed by atoms with van der Waals surface area (Å²) >= 11 is 1.19. The van der Waals surface area contributed by atoms with Gasteiger partial charge in [-0.1, -0.05) is 36.0 Å². The summed E-state index contributed by atoms with van der Waals surface area (Å²) < 4.78 is 4.99. The second-order valence-corrected chi connectivity index (χ2v) is 6.95. The highest BCUT2D eigenvalue weighted by molar-refractivity contribution is 8.13. The summed E-state index contributed by atoms with van der Waals surface area (Å²) in [5.74, 6) is -0.176. The SMILES string of the molecule is O=C(COC(=O)CN1CCSC1=O)N[C@H]1CCCc2ccccc21. The number of carbonyl (C=O) groups is 3. The molecule has 3 rings (SSSR count). The van der Waals surface area contributed by atoms with Crippen LogP contribution in [0.1, 0.15) is 30.0 Å². The zero-order valence-electron chi connectivity index (χ0n) is 13.3. The highest BCUT2D eigenvalue weighted by Gasteiger charge is 2.25. The number of hydrogen-bond donors (Lipinski definition) is 1. The van der Waals surface area contributed by atoms with Gasteiger partial charge in [-0.15, -0.1) is 0 Å². The Kier molecular flexibility index (Phi) is 5.40. The molecule has 128 valence electrons. The summed E-state index contributed by atoms with van der Waals surface area (Å²) in [4.78, 5) is 36.7. The molecule has 0 spiro atoms. The predicted octanol–water partition coefficient (Wildman–Crippen LogP) is 1.89. The maximum absolute atomic E-state index is 12.1. The molecule has 0 saturated carbocycles. The smallest absolute Gasteiger partial charge is 0.326 e. The van der Waals surface area contributed by atoms with Crippen molar-refractivity contribution in [3.8, 4) is 0 Å². The van der Waals surface area contributed by atoms with E-state index in [4.69, 9.17) is 4.74 Å². The molecule has 1 atom stereocenters. The molecule has 7 heteroatoms. The number of nitrogens with zero attached hydrogens (tertiary/aromatic N) is 1. The fourth-order valence-electron chi connectivity index (χ4n) is 3.06. The number of carbonyl (C=O) groups excluding carboxylic acids is 3.